The topological polar surface area (TPSA) is 60.2 Å². The molecule has 1 fully saturated rings. The van der Waals surface area contributed by atoms with Gasteiger partial charge in [-0.1, -0.05) is 0 Å². The maximum atomic E-state index is 11.7. The monoisotopic (exact) mass is 314 g/mol. The molecule has 23 heavy (non-hydrogen) atoms. The molecule has 0 aromatic carbocycles. The van der Waals surface area contributed by atoms with Crippen molar-refractivity contribution in [2.24, 2.45) is 13.0 Å². The average molecular weight is 314 g/mol. The number of esters is 1. The second kappa shape index (κ2) is 6.81. The lowest BCUT2D eigenvalue weighted by Crippen LogP contribution is -2.21. The lowest BCUT2D eigenvalue weighted by molar-refractivity contribution is 0.0526. The first kappa shape index (κ1) is 15.5. The number of nitrogens with zero attached hydrogens (tertiary/aromatic N) is 4. The standard InChI is InChI=1S/C17H22N4O2/c1-3-23-17(22)15-4-5-16(18-10-15)21-7-6-13(12-21)8-14-9-19-20(2)11-14/h4-5,9-11,13H,3,6-8,12H2,1-2H3. The summed E-state index contributed by atoms with van der Waals surface area (Å²) in [6.45, 7) is 4.16. The normalized spacial score (nSPS) is 17.5. The number of ether oxygens (including phenoxy) is 1. The molecule has 6 nitrogen and oxygen atoms in total. The Hall–Kier alpha value is -2.37. The average Bonchev–Trinajstić information content (AvgIpc) is 3.17. The molecule has 1 unspecified atom stereocenters. The fraction of sp³-hybridized carbons (Fsp3) is 0.471. The van der Waals surface area contributed by atoms with Gasteiger partial charge in [-0.3, -0.25) is 4.68 Å². The first-order chi connectivity index (χ1) is 11.2. The van der Waals surface area contributed by atoms with Crippen LogP contribution in [-0.4, -0.2) is 40.4 Å². The molecule has 2 aromatic rings. The smallest absolute Gasteiger partial charge is 0.339 e. The fourth-order valence-corrected chi connectivity index (χ4v) is 3.03. The van der Waals surface area contributed by atoms with Gasteiger partial charge in [-0.05, 0) is 43.4 Å². The Morgan fingerprint density at radius 3 is 2.91 bits per heavy atom. The molecule has 3 heterocycles. The summed E-state index contributed by atoms with van der Waals surface area (Å²) in [7, 11) is 1.94. The first-order valence-corrected chi connectivity index (χ1v) is 8.01. The second-order valence-corrected chi connectivity index (χ2v) is 5.95. The molecule has 122 valence electrons. The van der Waals surface area contributed by atoms with E-state index in [1.807, 2.05) is 24.0 Å². The molecule has 1 saturated heterocycles. The van der Waals surface area contributed by atoms with Crippen LogP contribution in [0.25, 0.3) is 0 Å². The first-order valence-electron chi connectivity index (χ1n) is 8.01. The number of hydrogen-bond donors (Lipinski definition) is 0. The fourth-order valence-electron chi connectivity index (χ4n) is 3.03. The van der Waals surface area contributed by atoms with Crippen molar-refractivity contribution in [3.8, 4) is 0 Å². The molecule has 1 aliphatic rings. The van der Waals surface area contributed by atoms with Crippen molar-refractivity contribution in [1.82, 2.24) is 14.8 Å². The van der Waals surface area contributed by atoms with E-state index in [9.17, 15) is 4.79 Å². The van der Waals surface area contributed by atoms with Crippen molar-refractivity contribution in [2.45, 2.75) is 19.8 Å². The molecule has 0 saturated carbocycles. The van der Waals surface area contributed by atoms with E-state index in [1.165, 1.54) is 5.56 Å². The molecular formula is C17H22N4O2. The number of aromatic nitrogens is 3. The largest absolute Gasteiger partial charge is 0.462 e. The van der Waals surface area contributed by atoms with Gasteiger partial charge >= 0.3 is 5.97 Å². The highest BCUT2D eigenvalue weighted by Gasteiger charge is 2.24. The quantitative estimate of drug-likeness (QED) is 0.791. The molecule has 1 aliphatic heterocycles. The molecule has 0 amide bonds. The van der Waals surface area contributed by atoms with Crippen molar-refractivity contribution >= 4 is 11.8 Å². The maximum Gasteiger partial charge on any atom is 0.339 e. The van der Waals surface area contributed by atoms with E-state index in [1.54, 1.807) is 19.2 Å². The van der Waals surface area contributed by atoms with Crippen LogP contribution in [0.3, 0.4) is 0 Å². The van der Waals surface area contributed by atoms with Crippen LogP contribution in [0.2, 0.25) is 0 Å². The minimum atomic E-state index is -0.317. The van der Waals surface area contributed by atoms with Crippen molar-refractivity contribution in [1.29, 1.82) is 0 Å². The number of anilines is 1. The summed E-state index contributed by atoms with van der Waals surface area (Å²) in [5.41, 5.74) is 1.78. The second-order valence-electron chi connectivity index (χ2n) is 5.95. The molecule has 0 radical (unpaired) electrons. The summed E-state index contributed by atoms with van der Waals surface area (Å²) in [6, 6.07) is 3.69. The predicted molar refractivity (Wildman–Crippen MR) is 87.4 cm³/mol. The molecular weight excluding hydrogens is 292 g/mol. The third-order valence-corrected chi connectivity index (χ3v) is 4.15. The Morgan fingerprint density at radius 1 is 1.39 bits per heavy atom. The molecule has 2 aromatic heterocycles. The van der Waals surface area contributed by atoms with Crippen LogP contribution in [0, 0.1) is 5.92 Å². The number of carbonyl (C=O) groups excluding carboxylic acids is 1. The summed E-state index contributed by atoms with van der Waals surface area (Å²) in [4.78, 5) is 18.3. The van der Waals surface area contributed by atoms with Crippen LogP contribution >= 0.6 is 0 Å². The molecule has 0 spiro atoms. The van der Waals surface area contributed by atoms with Gasteiger partial charge < -0.3 is 9.64 Å². The van der Waals surface area contributed by atoms with Crippen LogP contribution in [0.4, 0.5) is 5.82 Å². The number of pyridine rings is 1. The van der Waals surface area contributed by atoms with Crippen molar-refractivity contribution in [3.63, 3.8) is 0 Å². The summed E-state index contributed by atoms with van der Waals surface area (Å²) < 4.78 is 6.82. The Morgan fingerprint density at radius 2 is 2.26 bits per heavy atom. The van der Waals surface area contributed by atoms with Crippen LogP contribution in [0.1, 0.15) is 29.3 Å². The van der Waals surface area contributed by atoms with Gasteiger partial charge in [-0.25, -0.2) is 9.78 Å². The van der Waals surface area contributed by atoms with Gasteiger partial charge in [-0.15, -0.1) is 0 Å². The summed E-state index contributed by atoms with van der Waals surface area (Å²) in [5.74, 6) is 1.22. The van der Waals surface area contributed by atoms with E-state index in [4.69, 9.17) is 4.74 Å². The summed E-state index contributed by atoms with van der Waals surface area (Å²) in [6.07, 6.45) is 7.81. The van der Waals surface area contributed by atoms with Crippen molar-refractivity contribution in [3.05, 3.63) is 41.9 Å². The van der Waals surface area contributed by atoms with Crippen molar-refractivity contribution in [2.75, 3.05) is 24.6 Å². The van der Waals surface area contributed by atoms with E-state index >= 15 is 0 Å². The van der Waals surface area contributed by atoms with E-state index < -0.39 is 0 Å². The maximum absolute atomic E-state index is 11.7. The van der Waals surface area contributed by atoms with Gasteiger partial charge in [0.1, 0.15) is 5.82 Å². The van der Waals surface area contributed by atoms with E-state index in [0.717, 1.165) is 31.7 Å². The highest BCUT2D eigenvalue weighted by Crippen LogP contribution is 2.25. The molecule has 0 N–H and O–H groups in total. The Bertz CT molecular complexity index is 665. The zero-order valence-electron chi connectivity index (χ0n) is 13.6. The van der Waals surface area contributed by atoms with E-state index in [2.05, 4.69) is 21.2 Å². The summed E-state index contributed by atoms with van der Waals surface area (Å²) in [5, 5.41) is 4.22. The molecule has 6 heteroatoms. The summed E-state index contributed by atoms with van der Waals surface area (Å²) >= 11 is 0. The van der Waals surface area contributed by atoms with E-state index in [0.29, 0.717) is 18.1 Å². The van der Waals surface area contributed by atoms with Crippen LogP contribution in [0.5, 0.6) is 0 Å². The highest BCUT2D eigenvalue weighted by molar-refractivity contribution is 5.89. The third kappa shape index (κ3) is 3.70. The molecule has 1 atom stereocenters. The Kier molecular flexibility index (Phi) is 4.60. The van der Waals surface area contributed by atoms with Gasteiger partial charge in [-0.2, -0.15) is 5.10 Å². The highest BCUT2D eigenvalue weighted by atomic mass is 16.5. The SMILES string of the molecule is CCOC(=O)c1ccc(N2CCC(Cc3cnn(C)c3)C2)nc1. The minimum absolute atomic E-state index is 0.317. The molecule has 0 aliphatic carbocycles. The Balaban J connectivity index is 1.59. The number of aryl methyl sites for hydroxylation is 1. The van der Waals surface area contributed by atoms with Crippen LogP contribution in [-0.2, 0) is 18.2 Å². The van der Waals surface area contributed by atoms with Crippen molar-refractivity contribution < 1.29 is 9.53 Å². The van der Waals surface area contributed by atoms with Gasteiger partial charge in [0.2, 0.25) is 0 Å². The third-order valence-electron chi connectivity index (χ3n) is 4.15. The van der Waals surface area contributed by atoms with Crippen LogP contribution < -0.4 is 4.90 Å². The lowest BCUT2D eigenvalue weighted by atomic mass is 10.0. The zero-order valence-corrected chi connectivity index (χ0v) is 13.6. The molecule has 0 bridgehead atoms. The molecule has 3 rings (SSSR count). The van der Waals surface area contributed by atoms with Gasteiger partial charge in [0, 0.05) is 32.5 Å². The minimum Gasteiger partial charge on any atom is -0.462 e. The number of hydrogen-bond acceptors (Lipinski definition) is 5. The predicted octanol–water partition coefficient (Wildman–Crippen LogP) is 2.06. The number of carbonyl (C=O) groups is 1. The number of rotatable bonds is 5. The lowest BCUT2D eigenvalue weighted by Gasteiger charge is -2.17. The van der Waals surface area contributed by atoms with Gasteiger partial charge in [0.15, 0.2) is 0 Å². The zero-order chi connectivity index (χ0) is 16.2. The van der Waals surface area contributed by atoms with Gasteiger partial charge in [0.25, 0.3) is 0 Å². The van der Waals surface area contributed by atoms with E-state index in [-0.39, 0.29) is 5.97 Å². The van der Waals surface area contributed by atoms with Crippen LogP contribution in [0.15, 0.2) is 30.7 Å². The van der Waals surface area contributed by atoms with Gasteiger partial charge in [0.05, 0.1) is 18.4 Å². The Labute approximate surface area is 136 Å².